The van der Waals surface area contributed by atoms with E-state index in [1.54, 1.807) is 42.6 Å². The molecule has 1 saturated heterocycles. The zero-order chi connectivity index (χ0) is 29.2. The zero-order valence-electron chi connectivity index (χ0n) is 22.5. The lowest BCUT2D eigenvalue weighted by Gasteiger charge is -2.31. The molecule has 0 atom stereocenters. The Balaban J connectivity index is 1.53. The quantitative estimate of drug-likeness (QED) is 0.255. The van der Waals surface area contributed by atoms with Crippen molar-refractivity contribution in [3.8, 4) is 17.3 Å². The standard InChI is InChI=1S/C29H30N8O4/c1-41-18-28(38)35-26-14-22(13-24(34-26)21-5-2-4-19(12-21)15-30)25(36-31)17-32-16-23-6-3-7-27(33-23)37-10-8-20(9-11-37)29(39)40/h2-7,12-14,17,20,31-32H,8-11,16,18H2,1H3,(H,39,40)(H,34,35,38)/b25-17-,36-31?. The second-order valence-corrected chi connectivity index (χ2v) is 9.41. The first-order chi connectivity index (χ1) is 19.9. The molecule has 210 valence electrons. The summed E-state index contributed by atoms with van der Waals surface area (Å²) in [6.07, 6.45) is 2.75. The van der Waals surface area contributed by atoms with Crippen LogP contribution in [0.5, 0.6) is 0 Å². The van der Waals surface area contributed by atoms with Gasteiger partial charge in [0.25, 0.3) is 5.91 Å². The van der Waals surface area contributed by atoms with E-state index in [2.05, 4.69) is 31.7 Å². The molecule has 12 nitrogen and oxygen atoms in total. The smallest absolute Gasteiger partial charge is 0.306 e. The van der Waals surface area contributed by atoms with Gasteiger partial charge in [-0.1, -0.05) is 18.2 Å². The summed E-state index contributed by atoms with van der Waals surface area (Å²) in [4.78, 5) is 34.8. The number of hydrogen-bond donors (Lipinski definition) is 4. The van der Waals surface area contributed by atoms with Gasteiger partial charge in [-0.25, -0.2) is 15.5 Å². The number of nitriles is 1. The molecule has 1 amide bonds. The van der Waals surface area contributed by atoms with E-state index in [0.29, 0.717) is 60.6 Å². The van der Waals surface area contributed by atoms with Gasteiger partial charge in [-0.3, -0.25) is 9.59 Å². The first-order valence-electron chi connectivity index (χ1n) is 13.0. The highest BCUT2D eigenvalue weighted by Crippen LogP contribution is 2.27. The minimum absolute atomic E-state index is 0.151. The zero-order valence-corrected chi connectivity index (χ0v) is 22.5. The highest BCUT2D eigenvalue weighted by molar-refractivity contribution is 5.91. The fraction of sp³-hybridized carbons (Fsp3) is 0.276. The number of nitrogens with one attached hydrogen (secondary N) is 3. The Morgan fingerprint density at radius 1 is 1.20 bits per heavy atom. The number of hydrogen-bond acceptors (Lipinski definition) is 10. The number of pyridine rings is 2. The Morgan fingerprint density at radius 2 is 1.98 bits per heavy atom. The van der Waals surface area contributed by atoms with Gasteiger partial charge >= 0.3 is 5.97 Å². The molecule has 0 unspecified atom stereocenters. The molecule has 4 rings (SSSR count). The van der Waals surface area contributed by atoms with Crippen molar-refractivity contribution in [1.29, 1.82) is 10.8 Å². The molecule has 0 aliphatic carbocycles. The van der Waals surface area contributed by atoms with Crippen LogP contribution in [0.2, 0.25) is 0 Å². The van der Waals surface area contributed by atoms with Gasteiger partial charge in [-0.15, -0.1) is 0 Å². The number of carboxylic acids is 1. The maximum atomic E-state index is 12.2. The van der Waals surface area contributed by atoms with Crippen molar-refractivity contribution in [1.82, 2.24) is 15.3 Å². The molecule has 2 aromatic heterocycles. The number of amides is 1. The van der Waals surface area contributed by atoms with Gasteiger partial charge in [-0.2, -0.15) is 10.4 Å². The van der Waals surface area contributed by atoms with Crippen molar-refractivity contribution in [2.45, 2.75) is 19.4 Å². The van der Waals surface area contributed by atoms with Gasteiger partial charge in [0.05, 0.1) is 35.5 Å². The highest BCUT2D eigenvalue weighted by Gasteiger charge is 2.25. The van der Waals surface area contributed by atoms with Crippen molar-refractivity contribution >= 4 is 29.2 Å². The number of aliphatic carboxylic acids is 1. The van der Waals surface area contributed by atoms with Crippen molar-refractivity contribution in [3.05, 3.63) is 77.6 Å². The number of methoxy groups -OCH3 is 1. The predicted octanol–water partition coefficient (Wildman–Crippen LogP) is 4.02. The molecule has 1 aliphatic rings. The molecule has 0 bridgehead atoms. The fourth-order valence-electron chi connectivity index (χ4n) is 4.48. The van der Waals surface area contributed by atoms with E-state index in [4.69, 9.17) is 15.3 Å². The molecule has 41 heavy (non-hydrogen) atoms. The van der Waals surface area contributed by atoms with E-state index in [1.807, 2.05) is 18.2 Å². The minimum Gasteiger partial charge on any atom is -0.481 e. The summed E-state index contributed by atoms with van der Waals surface area (Å²) in [5.41, 5.74) is 11.0. The summed E-state index contributed by atoms with van der Waals surface area (Å²) in [6.45, 7) is 1.47. The van der Waals surface area contributed by atoms with Crippen molar-refractivity contribution < 1.29 is 19.4 Å². The topological polar surface area (TPSA) is 177 Å². The summed E-state index contributed by atoms with van der Waals surface area (Å²) >= 11 is 0. The second-order valence-electron chi connectivity index (χ2n) is 9.41. The summed E-state index contributed by atoms with van der Waals surface area (Å²) in [5.74, 6) is -0.418. The Bertz CT molecular complexity index is 1490. The number of anilines is 2. The third-order valence-corrected chi connectivity index (χ3v) is 6.55. The Kier molecular flexibility index (Phi) is 9.69. The molecule has 0 radical (unpaired) electrons. The van der Waals surface area contributed by atoms with E-state index < -0.39 is 11.9 Å². The van der Waals surface area contributed by atoms with Gasteiger partial charge in [0.15, 0.2) is 0 Å². The van der Waals surface area contributed by atoms with Crippen LogP contribution in [0.25, 0.3) is 17.0 Å². The number of piperidine rings is 1. The largest absolute Gasteiger partial charge is 0.481 e. The number of nitrogens with zero attached hydrogens (tertiary/aromatic N) is 5. The highest BCUT2D eigenvalue weighted by atomic mass is 16.5. The van der Waals surface area contributed by atoms with Gasteiger partial charge < -0.3 is 25.4 Å². The number of carboxylic acid groups (broad SMARTS) is 1. The van der Waals surface area contributed by atoms with Crippen molar-refractivity contribution in [3.63, 3.8) is 0 Å². The Hall–Kier alpha value is -5.15. The van der Waals surface area contributed by atoms with Gasteiger partial charge in [0.2, 0.25) is 0 Å². The van der Waals surface area contributed by atoms with Crippen LogP contribution in [0.3, 0.4) is 0 Å². The van der Waals surface area contributed by atoms with E-state index >= 15 is 0 Å². The van der Waals surface area contributed by atoms with Crippen LogP contribution < -0.4 is 15.5 Å². The van der Waals surface area contributed by atoms with Crippen LogP contribution in [0.4, 0.5) is 11.6 Å². The monoisotopic (exact) mass is 554 g/mol. The molecular formula is C29H30N8O4. The van der Waals surface area contributed by atoms with Crippen molar-refractivity contribution in [2.75, 3.05) is 37.0 Å². The van der Waals surface area contributed by atoms with Crippen LogP contribution in [0, 0.1) is 22.8 Å². The Morgan fingerprint density at radius 3 is 2.68 bits per heavy atom. The molecule has 3 aromatic rings. The lowest BCUT2D eigenvalue weighted by Crippen LogP contribution is -2.36. The molecule has 0 spiro atoms. The number of rotatable bonds is 11. The number of benzene rings is 1. The molecule has 1 aromatic carbocycles. The van der Waals surface area contributed by atoms with Crippen LogP contribution in [0.1, 0.15) is 29.7 Å². The van der Waals surface area contributed by atoms with Crippen LogP contribution >= 0.6 is 0 Å². The number of carbonyl (C=O) groups is 2. The van der Waals surface area contributed by atoms with E-state index in [1.165, 1.54) is 7.11 Å². The van der Waals surface area contributed by atoms with Crippen LogP contribution in [0.15, 0.2) is 65.9 Å². The third kappa shape index (κ3) is 7.71. The second kappa shape index (κ2) is 13.8. The summed E-state index contributed by atoms with van der Waals surface area (Å²) < 4.78 is 4.90. The number of ether oxygens (including phenoxy) is 1. The molecule has 1 aliphatic heterocycles. The van der Waals surface area contributed by atoms with E-state index in [9.17, 15) is 20.0 Å². The average molecular weight is 555 g/mol. The first kappa shape index (κ1) is 28.8. The normalized spacial score (nSPS) is 13.8. The third-order valence-electron chi connectivity index (χ3n) is 6.55. The first-order valence-corrected chi connectivity index (χ1v) is 13.0. The lowest BCUT2D eigenvalue weighted by atomic mass is 9.97. The minimum atomic E-state index is -0.751. The van der Waals surface area contributed by atoms with E-state index in [-0.39, 0.29) is 18.3 Å². The Labute approximate surface area is 237 Å². The molecule has 4 N–H and O–H groups in total. The summed E-state index contributed by atoms with van der Waals surface area (Å²) in [6, 6.07) is 18.1. The maximum absolute atomic E-state index is 12.2. The lowest BCUT2D eigenvalue weighted by molar-refractivity contribution is -0.142. The van der Waals surface area contributed by atoms with E-state index in [0.717, 1.165) is 11.5 Å². The number of carbonyl (C=O) groups excluding carboxylic acids is 1. The van der Waals surface area contributed by atoms with Crippen LogP contribution in [-0.2, 0) is 20.9 Å². The molecule has 0 saturated carbocycles. The van der Waals surface area contributed by atoms with Gasteiger partial charge in [-0.05, 0) is 49.2 Å². The summed E-state index contributed by atoms with van der Waals surface area (Å²) in [7, 11) is 1.42. The van der Waals surface area contributed by atoms with Crippen molar-refractivity contribution in [2.24, 2.45) is 11.0 Å². The molecule has 1 fully saturated rings. The predicted molar refractivity (Wildman–Crippen MR) is 152 cm³/mol. The SMILES string of the molecule is COCC(=O)Nc1cc(/C(=C/NCc2cccc(N3CCC(C(=O)O)CC3)n2)N=N)cc(-c2cccc(C#N)c2)n1. The fourth-order valence-corrected chi connectivity index (χ4v) is 4.48. The van der Waals surface area contributed by atoms with Gasteiger partial charge in [0.1, 0.15) is 23.9 Å². The van der Waals surface area contributed by atoms with Gasteiger partial charge in [0, 0.05) is 37.5 Å². The molecule has 12 heteroatoms. The summed E-state index contributed by atoms with van der Waals surface area (Å²) in [5, 5.41) is 28.1. The molecule has 3 heterocycles. The molecular weight excluding hydrogens is 524 g/mol. The average Bonchev–Trinajstić information content (AvgIpc) is 2.99. The van der Waals surface area contributed by atoms with Crippen LogP contribution in [-0.4, -0.2) is 53.8 Å². The number of aromatic nitrogens is 2. The maximum Gasteiger partial charge on any atom is 0.306 e.